The fourth-order valence-electron chi connectivity index (χ4n) is 5.15. The van der Waals surface area contributed by atoms with Gasteiger partial charge in [0.2, 0.25) is 0 Å². The zero-order chi connectivity index (χ0) is 21.4. The molecular formula is C24H29N3O4. The number of hydrogen-bond acceptors (Lipinski definition) is 6. The first-order valence-corrected chi connectivity index (χ1v) is 10.8. The second kappa shape index (κ2) is 8.40. The molecule has 1 aliphatic carbocycles. The van der Waals surface area contributed by atoms with Gasteiger partial charge in [0.1, 0.15) is 11.9 Å². The molecule has 4 atom stereocenters. The zero-order valence-corrected chi connectivity index (χ0v) is 18.0. The van der Waals surface area contributed by atoms with Crippen molar-refractivity contribution in [1.82, 2.24) is 15.1 Å². The van der Waals surface area contributed by atoms with E-state index in [-0.39, 0.29) is 6.10 Å². The Kier molecular flexibility index (Phi) is 5.46. The Labute approximate surface area is 181 Å². The Bertz CT molecular complexity index is 1050. The van der Waals surface area contributed by atoms with Gasteiger partial charge in [0.15, 0.2) is 11.5 Å². The number of hydrogen-bond donors (Lipinski definition) is 2. The third-order valence-electron chi connectivity index (χ3n) is 6.72. The van der Waals surface area contributed by atoms with E-state index in [0.717, 1.165) is 43.4 Å². The molecule has 2 aromatic carbocycles. The first-order chi connectivity index (χ1) is 15.1. The molecule has 0 radical (unpaired) electrons. The highest BCUT2D eigenvalue weighted by atomic mass is 16.5. The van der Waals surface area contributed by atoms with Crippen LogP contribution in [0.3, 0.4) is 0 Å². The second-order valence-corrected chi connectivity index (χ2v) is 8.72. The van der Waals surface area contributed by atoms with Crippen LogP contribution >= 0.6 is 0 Å². The van der Waals surface area contributed by atoms with E-state index in [1.165, 1.54) is 5.56 Å². The SMILES string of the molecule is COc1ccc(O[C@@H]2C[C@@H]3CN(Cc4ccc5cn[nH]c5c4)C[C@@H]3C[C@H]2O)cc1OC. The van der Waals surface area contributed by atoms with Crippen molar-refractivity contribution in [2.75, 3.05) is 27.3 Å². The molecule has 2 aliphatic rings. The number of rotatable bonds is 6. The summed E-state index contributed by atoms with van der Waals surface area (Å²) in [7, 11) is 3.22. The molecule has 2 N–H and O–H groups in total. The lowest BCUT2D eigenvalue weighted by Gasteiger charge is -2.35. The molecule has 164 valence electrons. The first-order valence-electron chi connectivity index (χ1n) is 10.8. The number of likely N-dealkylation sites (tertiary alicyclic amines) is 1. The van der Waals surface area contributed by atoms with Gasteiger partial charge in [-0.1, -0.05) is 12.1 Å². The number of aromatic nitrogens is 2. The van der Waals surface area contributed by atoms with Crippen molar-refractivity contribution < 1.29 is 19.3 Å². The molecule has 1 saturated heterocycles. The highest BCUT2D eigenvalue weighted by Gasteiger charge is 2.42. The number of ether oxygens (including phenoxy) is 3. The van der Waals surface area contributed by atoms with Gasteiger partial charge in [-0.2, -0.15) is 5.10 Å². The van der Waals surface area contributed by atoms with E-state index in [0.29, 0.717) is 29.1 Å². The van der Waals surface area contributed by atoms with Crippen molar-refractivity contribution in [3.05, 3.63) is 48.2 Å². The standard InChI is InChI=1S/C24H29N3O4/c1-29-22-6-5-19(10-24(22)30-2)31-23-9-18-14-27(13-17(18)8-21(23)28)12-15-3-4-16-11-25-26-20(16)7-15/h3-7,10-11,17-18,21,23,28H,8-9,12-14H2,1-2H3,(H,25,26)/t17-,18+,21+,23+/m0/s1. The maximum absolute atomic E-state index is 10.8. The van der Waals surface area contributed by atoms with Gasteiger partial charge in [-0.15, -0.1) is 0 Å². The van der Waals surface area contributed by atoms with Crippen LogP contribution in [0.4, 0.5) is 0 Å². The van der Waals surface area contributed by atoms with Crippen LogP contribution in [0.25, 0.3) is 10.9 Å². The summed E-state index contributed by atoms with van der Waals surface area (Å²) in [5.74, 6) is 3.03. The quantitative estimate of drug-likeness (QED) is 0.634. The minimum atomic E-state index is -0.462. The summed E-state index contributed by atoms with van der Waals surface area (Å²) in [4.78, 5) is 2.50. The molecule has 1 aliphatic heterocycles. The lowest BCUT2D eigenvalue weighted by molar-refractivity contribution is -0.0232. The molecule has 2 heterocycles. The average molecular weight is 424 g/mol. The summed E-state index contributed by atoms with van der Waals surface area (Å²) < 4.78 is 16.9. The fourth-order valence-corrected chi connectivity index (χ4v) is 5.15. The molecule has 2 fully saturated rings. The van der Waals surface area contributed by atoms with E-state index >= 15 is 0 Å². The molecule has 0 bridgehead atoms. The van der Waals surface area contributed by atoms with E-state index in [9.17, 15) is 5.11 Å². The lowest BCUT2D eigenvalue weighted by Crippen LogP contribution is -2.42. The average Bonchev–Trinajstić information content (AvgIpc) is 3.39. The normalized spacial score (nSPS) is 26.0. The molecule has 5 rings (SSSR count). The smallest absolute Gasteiger partial charge is 0.164 e. The Hall–Kier alpha value is -2.77. The van der Waals surface area contributed by atoms with Crippen LogP contribution in [0.15, 0.2) is 42.6 Å². The number of H-pyrrole nitrogens is 1. The number of nitrogens with zero attached hydrogens (tertiary/aromatic N) is 2. The van der Waals surface area contributed by atoms with Gasteiger partial charge in [0.05, 0.1) is 32.0 Å². The number of aliphatic hydroxyl groups excluding tert-OH is 1. The van der Waals surface area contributed by atoms with Crippen LogP contribution in [0, 0.1) is 11.8 Å². The summed E-state index contributed by atoms with van der Waals surface area (Å²) in [6, 6.07) is 12.0. The van der Waals surface area contributed by atoms with Gasteiger partial charge in [-0.3, -0.25) is 10.00 Å². The number of aromatic amines is 1. The van der Waals surface area contributed by atoms with Crippen molar-refractivity contribution in [2.45, 2.75) is 31.6 Å². The van der Waals surface area contributed by atoms with E-state index < -0.39 is 6.10 Å². The summed E-state index contributed by atoms with van der Waals surface area (Å²) in [5.41, 5.74) is 2.36. The molecule has 7 heteroatoms. The maximum atomic E-state index is 10.8. The van der Waals surface area contributed by atoms with Crippen LogP contribution in [-0.4, -0.2) is 59.7 Å². The van der Waals surface area contributed by atoms with Crippen LogP contribution in [-0.2, 0) is 6.54 Å². The predicted molar refractivity (Wildman–Crippen MR) is 118 cm³/mol. The molecule has 0 amide bonds. The van der Waals surface area contributed by atoms with Crippen LogP contribution in [0.1, 0.15) is 18.4 Å². The van der Waals surface area contributed by atoms with E-state index in [1.54, 1.807) is 14.2 Å². The molecule has 0 spiro atoms. The molecule has 3 aromatic rings. The zero-order valence-electron chi connectivity index (χ0n) is 18.0. The molecule has 31 heavy (non-hydrogen) atoms. The third-order valence-corrected chi connectivity index (χ3v) is 6.72. The highest BCUT2D eigenvalue weighted by Crippen LogP contribution is 2.39. The number of methoxy groups -OCH3 is 2. The predicted octanol–water partition coefficient (Wildman–Crippen LogP) is 3.23. The monoisotopic (exact) mass is 423 g/mol. The minimum absolute atomic E-state index is 0.208. The fraction of sp³-hybridized carbons (Fsp3) is 0.458. The molecular weight excluding hydrogens is 394 g/mol. The summed E-state index contributed by atoms with van der Waals surface area (Å²) in [6.07, 6.45) is 2.81. The minimum Gasteiger partial charge on any atom is -0.493 e. The number of benzene rings is 2. The Morgan fingerprint density at radius 1 is 1.03 bits per heavy atom. The Morgan fingerprint density at radius 2 is 1.84 bits per heavy atom. The highest BCUT2D eigenvalue weighted by molar-refractivity contribution is 5.78. The van der Waals surface area contributed by atoms with E-state index in [4.69, 9.17) is 14.2 Å². The van der Waals surface area contributed by atoms with Gasteiger partial charge in [0, 0.05) is 31.1 Å². The number of aliphatic hydroxyl groups is 1. The Morgan fingerprint density at radius 3 is 2.65 bits per heavy atom. The number of fused-ring (bicyclic) bond motifs is 2. The largest absolute Gasteiger partial charge is 0.493 e. The van der Waals surface area contributed by atoms with Crippen LogP contribution in [0.5, 0.6) is 17.2 Å². The molecule has 7 nitrogen and oxygen atoms in total. The second-order valence-electron chi connectivity index (χ2n) is 8.72. The van der Waals surface area contributed by atoms with Crippen LogP contribution in [0.2, 0.25) is 0 Å². The van der Waals surface area contributed by atoms with Gasteiger partial charge in [-0.05, 0) is 48.4 Å². The topological polar surface area (TPSA) is 79.8 Å². The first kappa shape index (κ1) is 20.2. The van der Waals surface area contributed by atoms with Gasteiger partial charge in [-0.25, -0.2) is 0 Å². The summed E-state index contributed by atoms with van der Waals surface area (Å²) in [5, 5.41) is 19.1. The summed E-state index contributed by atoms with van der Waals surface area (Å²) >= 11 is 0. The van der Waals surface area contributed by atoms with Crippen LogP contribution < -0.4 is 14.2 Å². The van der Waals surface area contributed by atoms with Gasteiger partial charge in [0.25, 0.3) is 0 Å². The van der Waals surface area contributed by atoms with E-state index in [2.05, 4.69) is 33.3 Å². The maximum Gasteiger partial charge on any atom is 0.164 e. The lowest BCUT2D eigenvalue weighted by atomic mass is 9.78. The summed E-state index contributed by atoms with van der Waals surface area (Å²) in [6.45, 7) is 2.97. The van der Waals surface area contributed by atoms with Gasteiger partial charge < -0.3 is 19.3 Å². The van der Waals surface area contributed by atoms with Crippen molar-refractivity contribution in [2.24, 2.45) is 11.8 Å². The van der Waals surface area contributed by atoms with Crippen molar-refractivity contribution >= 4 is 10.9 Å². The molecule has 1 aromatic heterocycles. The molecule has 1 saturated carbocycles. The van der Waals surface area contributed by atoms with Crippen molar-refractivity contribution in [3.8, 4) is 17.2 Å². The third kappa shape index (κ3) is 4.07. The van der Waals surface area contributed by atoms with Gasteiger partial charge >= 0.3 is 0 Å². The molecule has 0 unspecified atom stereocenters. The van der Waals surface area contributed by atoms with Crippen molar-refractivity contribution in [1.29, 1.82) is 0 Å². The Balaban J connectivity index is 1.23. The van der Waals surface area contributed by atoms with E-state index in [1.807, 2.05) is 24.4 Å². The van der Waals surface area contributed by atoms with Crippen molar-refractivity contribution in [3.63, 3.8) is 0 Å². The number of nitrogens with one attached hydrogen (secondary N) is 1.